The monoisotopic (exact) mass is 384 g/mol. The number of benzene rings is 1. The summed E-state index contributed by atoms with van der Waals surface area (Å²) in [6, 6.07) is 15.1. The summed E-state index contributed by atoms with van der Waals surface area (Å²) in [7, 11) is 1.86. The Morgan fingerprint density at radius 3 is 2.85 bits per heavy atom. The summed E-state index contributed by atoms with van der Waals surface area (Å²) < 4.78 is 0. The van der Waals surface area contributed by atoms with Gasteiger partial charge in [0.1, 0.15) is 0 Å². The molecular weight excluding hydrogens is 352 g/mol. The molecule has 0 amide bonds. The van der Waals surface area contributed by atoms with Crippen molar-refractivity contribution in [2.24, 2.45) is 10.9 Å². The third kappa shape index (κ3) is 7.00. The number of aryl methyl sites for hydroxylation is 1. The average Bonchev–Trinajstić information content (AvgIpc) is 3.21. The number of piperidine rings is 1. The van der Waals surface area contributed by atoms with Crippen LogP contribution in [-0.4, -0.2) is 44.1 Å². The van der Waals surface area contributed by atoms with Crippen LogP contribution in [0.5, 0.6) is 0 Å². The number of hydrogen-bond acceptors (Lipinski definition) is 3. The highest BCUT2D eigenvalue weighted by Crippen LogP contribution is 2.19. The number of thiophene rings is 1. The van der Waals surface area contributed by atoms with Gasteiger partial charge in [-0.3, -0.25) is 9.89 Å². The van der Waals surface area contributed by atoms with Gasteiger partial charge >= 0.3 is 0 Å². The Labute approximate surface area is 167 Å². The van der Waals surface area contributed by atoms with Crippen LogP contribution in [0, 0.1) is 5.92 Å². The largest absolute Gasteiger partial charge is 0.356 e. The Hall–Kier alpha value is -1.85. The van der Waals surface area contributed by atoms with E-state index in [1.807, 2.05) is 18.4 Å². The van der Waals surface area contributed by atoms with Crippen LogP contribution in [-0.2, 0) is 13.0 Å². The molecule has 1 saturated heterocycles. The summed E-state index contributed by atoms with van der Waals surface area (Å²) in [4.78, 5) is 8.45. The lowest BCUT2D eigenvalue weighted by atomic mass is 9.98. The Morgan fingerprint density at radius 2 is 2.07 bits per heavy atom. The van der Waals surface area contributed by atoms with Crippen molar-refractivity contribution in [1.29, 1.82) is 0 Å². The molecule has 146 valence electrons. The lowest BCUT2D eigenvalue weighted by molar-refractivity contribution is 0.169. The van der Waals surface area contributed by atoms with Crippen molar-refractivity contribution in [2.45, 2.75) is 32.2 Å². The lowest BCUT2D eigenvalue weighted by Gasteiger charge is -2.32. The van der Waals surface area contributed by atoms with Crippen molar-refractivity contribution in [1.82, 2.24) is 15.5 Å². The smallest absolute Gasteiger partial charge is 0.190 e. The van der Waals surface area contributed by atoms with Gasteiger partial charge in [0, 0.05) is 38.1 Å². The molecule has 2 N–H and O–H groups in total. The summed E-state index contributed by atoms with van der Waals surface area (Å²) in [6.07, 6.45) is 4.81. The van der Waals surface area contributed by atoms with Crippen LogP contribution in [0.15, 0.2) is 52.8 Å². The molecule has 1 unspecified atom stereocenters. The number of aliphatic imine (C=N–C) groups is 1. The first-order valence-electron chi connectivity index (χ1n) is 10.1. The maximum Gasteiger partial charge on any atom is 0.190 e. The minimum Gasteiger partial charge on any atom is -0.356 e. The Bertz CT molecular complexity index is 669. The molecule has 1 aromatic carbocycles. The van der Waals surface area contributed by atoms with Crippen LogP contribution in [0.1, 0.15) is 29.7 Å². The van der Waals surface area contributed by atoms with Gasteiger partial charge in [-0.15, -0.1) is 11.3 Å². The molecule has 1 atom stereocenters. The molecule has 0 aliphatic carbocycles. The SMILES string of the molecule is CN=C(NCCCc1ccccc1)NCC1CCCN(Cc2cccs2)C1. The predicted octanol–water partition coefficient (Wildman–Crippen LogP) is 3.76. The fraction of sp³-hybridized carbons (Fsp3) is 0.500. The predicted molar refractivity (Wildman–Crippen MR) is 116 cm³/mol. The van der Waals surface area contributed by atoms with Crippen molar-refractivity contribution in [3.63, 3.8) is 0 Å². The minimum absolute atomic E-state index is 0.696. The van der Waals surface area contributed by atoms with Gasteiger partial charge < -0.3 is 10.6 Å². The fourth-order valence-electron chi connectivity index (χ4n) is 3.69. The molecule has 0 radical (unpaired) electrons. The summed E-state index contributed by atoms with van der Waals surface area (Å²) in [6.45, 7) is 5.44. The van der Waals surface area contributed by atoms with Crippen LogP contribution >= 0.6 is 11.3 Å². The topological polar surface area (TPSA) is 39.7 Å². The molecule has 1 fully saturated rings. The number of likely N-dealkylation sites (tertiary alicyclic amines) is 1. The van der Waals surface area contributed by atoms with Crippen LogP contribution in [0.3, 0.4) is 0 Å². The molecule has 5 heteroatoms. The molecule has 3 rings (SSSR count). The molecule has 2 heterocycles. The maximum atomic E-state index is 4.38. The second kappa shape index (κ2) is 11.1. The average molecular weight is 385 g/mol. The third-order valence-electron chi connectivity index (χ3n) is 5.12. The first-order valence-corrected chi connectivity index (χ1v) is 10.9. The fourth-order valence-corrected chi connectivity index (χ4v) is 4.44. The van der Waals surface area contributed by atoms with Gasteiger partial charge in [0.15, 0.2) is 5.96 Å². The van der Waals surface area contributed by atoms with Gasteiger partial charge in [-0.2, -0.15) is 0 Å². The number of nitrogens with one attached hydrogen (secondary N) is 2. The molecule has 0 spiro atoms. The van der Waals surface area contributed by atoms with Crippen molar-refractivity contribution < 1.29 is 0 Å². The van der Waals surface area contributed by atoms with E-state index < -0.39 is 0 Å². The maximum absolute atomic E-state index is 4.38. The number of hydrogen-bond donors (Lipinski definition) is 2. The lowest BCUT2D eigenvalue weighted by Crippen LogP contribution is -2.44. The van der Waals surface area contributed by atoms with Gasteiger partial charge in [0.05, 0.1) is 0 Å². The number of nitrogens with zero attached hydrogens (tertiary/aromatic N) is 2. The summed E-state index contributed by atoms with van der Waals surface area (Å²) in [5.74, 6) is 1.63. The van der Waals surface area contributed by atoms with Crippen molar-refractivity contribution >= 4 is 17.3 Å². The highest BCUT2D eigenvalue weighted by atomic mass is 32.1. The van der Waals surface area contributed by atoms with Crippen molar-refractivity contribution in [2.75, 3.05) is 33.2 Å². The van der Waals surface area contributed by atoms with Crippen LogP contribution < -0.4 is 10.6 Å². The summed E-state index contributed by atoms with van der Waals surface area (Å²) in [5, 5.41) is 9.16. The first kappa shape index (κ1) is 19.9. The zero-order valence-corrected chi connectivity index (χ0v) is 17.2. The Balaban J connectivity index is 1.33. The van der Waals surface area contributed by atoms with Crippen LogP contribution in [0.2, 0.25) is 0 Å². The Morgan fingerprint density at radius 1 is 1.19 bits per heavy atom. The minimum atomic E-state index is 0.696. The van der Waals surface area contributed by atoms with E-state index in [1.54, 1.807) is 0 Å². The molecular formula is C22H32N4S. The third-order valence-corrected chi connectivity index (χ3v) is 5.98. The van der Waals surface area contributed by atoms with Gasteiger partial charge in [-0.1, -0.05) is 36.4 Å². The van der Waals surface area contributed by atoms with E-state index >= 15 is 0 Å². The molecule has 4 nitrogen and oxygen atoms in total. The van der Waals surface area contributed by atoms with Gasteiger partial charge in [0.25, 0.3) is 0 Å². The standard InChI is InChI=1S/C22H32N4S/c1-23-22(24-13-5-10-19-8-3-2-4-9-19)25-16-20-11-6-14-26(17-20)18-21-12-7-15-27-21/h2-4,7-9,12,15,20H,5-6,10-11,13-14,16-18H2,1H3,(H2,23,24,25). The Kier molecular flexibility index (Phi) is 8.18. The van der Waals surface area contributed by atoms with Gasteiger partial charge in [-0.05, 0) is 55.2 Å². The highest BCUT2D eigenvalue weighted by Gasteiger charge is 2.20. The second-order valence-electron chi connectivity index (χ2n) is 7.29. The molecule has 0 saturated carbocycles. The van der Waals surface area contributed by atoms with Gasteiger partial charge in [0.2, 0.25) is 0 Å². The van der Waals surface area contributed by atoms with E-state index in [1.165, 1.54) is 36.4 Å². The normalized spacial score (nSPS) is 18.4. The molecule has 0 bridgehead atoms. The summed E-state index contributed by atoms with van der Waals surface area (Å²) >= 11 is 1.86. The van der Waals surface area contributed by atoms with E-state index in [-0.39, 0.29) is 0 Å². The van der Waals surface area contributed by atoms with E-state index in [2.05, 4.69) is 68.4 Å². The molecule has 1 aromatic heterocycles. The van der Waals surface area contributed by atoms with E-state index in [4.69, 9.17) is 0 Å². The van der Waals surface area contributed by atoms with Gasteiger partial charge in [-0.25, -0.2) is 0 Å². The molecule has 2 aromatic rings. The molecule has 1 aliphatic rings. The zero-order chi connectivity index (χ0) is 18.7. The van der Waals surface area contributed by atoms with E-state index in [0.29, 0.717) is 5.92 Å². The second-order valence-corrected chi connectivity index (χ2v) is 8.32. The van der Waals surface area contributed by atoms with E-state index in [9.17, 15) is 0 Å². The van der Waals surface area contributed by atoms with Crippen molar-refractivity contribution in [3.8, 4) is 0 Å². The zero-order valence-electron chi connectivity index (χ0n) is 16.4. The van der Waals surface area contributed by atoms with Crippen LogP contribution in [0.25, 0.3) is 0 Å². The quantitative estimate of drug-likeness (QED) is 0.414. The van der Waals surface area contributed by atoms with Crippen LogP contribution in [0.4, 0.5) is 0 Å². The molecule has 1 aliphatic heterocycles. The number of guanidine groups is 1. The van der Waals surface area contributed by atoms with Crippen molar-refractivity contribution in [3.05, 3.63) is 58.3 Å². The first-order chi connectivity index (χ1) is 13.3. The summed E-state index contributed by atoms with van der Waals surface area (Å²) in [5.41, 5.74) is 1.40. The molecule has 27 heavy (non-hydrogen) atoms. The number of rotatable bonds is 8. The van der Waals surface area contributed by atoms with E-state index in [0.717, 1.165) is 38.4 Å². The highest BCUT2D eigenvalue weighted by molar-refractivity contribution is 7.09.